The van der Waals surface area contributed by atoms with E-state index in [0.29, 0.717) is 24.4 Å². The van der Waals surface area contributed by atoms with E-state index in [4.69, 9.17) is 18.0 Å². The van der Waals surface area contributed by atoms with Crippen LogP contribution in [0.1, 0.15) is 25.7 Å². The Labute approximate surface area is 114 Å². The Kier molecular flexibility index (Phi) is 3.96. The first-order valence-electron chi connectivity index (χ1n) is 6.37. The van der Waals surface area contributed by atoms with E-state index in [2.05, 4.69) is 4.90 Å². The Morgan fingerprint density at radius 2 is 1.83 bits per heavy atom. The van der Waals surface area contributed by atoms with Crippen molar-refractivity contribution in [2.24, 2.45) is 5.73 Å². The van der Waals surface area contributed by atoms with Crippen LogP contribution in [0.2, 0.25) is 0 Å². The predicted molar refractivity (Wildman–Crippen MR) is 76.0 cm³/mol. The first-order valence-corrected chi connectivity index (χ1v) is 8.39. The molecule has 0 bridgehead atoms. The van der Waals surface area contributed by atoms with Gasteiger partial charge in [0.25, 0.3) is 0 Å². The SMILES string of the molecule is CN1CCC(C(N)=S)(N2CCCCS2(=O)=O)CC1. The summed E-state index contributed by atoms with van der Waals surface area (Å²) in [6.45, 7) is 2.23. The average Bonchev–Trinajstić information content (AvgIpc) is 2.30. The molecule has 0 amide bonds. The summed E-state index contributed by atoms with van der Waals surface area (Å²) in [5.41, 5.74) is 5.28. The van der Waals surface area contributed by atoms with E-state index in [9.17, 15) is 8.42 Å². The fraction of sp³-hybridized carbons (Fsp3) is 0.909. The Morgan fingerprint density at radius 3 is 2.33 bits per heavy atom. The van der Waals surface area contributed by atoms with Crippen LogP contribution in [0.3, 0.4) is 0 Å². The van der Waals surface area contributed by atoms with Crippen LogP contribution < -0.4 is 5.73 Å². The molecule has 5 nitrogen and oxygen atoms in total. The number of rotatable bonds is 2. The van der Waals surface area contributed by atoms with Crippen molar-refractivity contribution in [3.8, 4) is 0 Å². The minimum atomic E-state index is -3.20. The number of sulfonamides is 1. The van der Waals surface area contributed by atoms with Crippen molar-refractivity contribution >= 4 is 27.2 Å². The van der Waals surface area contributed by atoms with Gasteiger partial charge in [-0.05, 0) is 32.7 Å². The largest absolute Gasteiger partial charge is 0.392 e. The first kappa shape index (κ1) is 14.2. The molecule has 2 saturated heterocycles. The van der Waals surface area contributed by atoms with Crippen LogP contribution in [0.5, 0.6) is 0 Å². The molecule has 2 aliphatic rings. The van der Waals surface area contributed by atoms with Crippen molar-refractivity contribution < 1.29 is 8.42 Å². The highest BCUT2D eigenvalue weighted by atomic mass is 32.2. The molecule has 104 valence electrons. The lowest BCUT2D eigenvalue weighted by atomic mass is 9.87. The van der Waals surface area contributed by atoms with E-state index >= 15 is 0 Å². The lowest BCUT2D eigenvalue weighted by molar-refractivity contribution is 0.138. The van der Waals surface area contributed by atoms with Crippen molar-refractivity contribution in [2.45, 2.75) is 31.2 Å². The molecule has 0 aromatic heterocycles. The second-order valence-electron chi connectivity index (χ2n) is 5.29. The van der Waals surface area contributed by atoms with E-state index in [1.165, 1.54) is 0 Å². The summed E-state index contributed by atoms with van der Waals surface area (Å²) in [6, 6.07) is 0. The Balaban J connectivity index is 2.33. The maximum absolute atomic E-state index is 12.3. The van der Waals surface area contributed by atoms with Crippen molar-refractivity contribution in [3.05, 3.63) is 0 Å². The van der Waals surface area contributed by atoms with Crippen molar-refractivity contribution in [3.63, 3.8) is 0 Å². The predicted octanol–water partition coefficient (Wildman–Crippen LogP) is 0.163. The van der Waals surface area contributed by atoms with Crippen LogP contribution >= 0.6 is 12.2 Å². The number of piperidine rings is 1. The second kappa shape index (κ2) is 5.03. The lowest BCUT2D eigenvalue weighted by Crippen LogP contribution is -2.64. The molecule has 0 saturated carbocycles. The highest BCUT2D eigenvalue weighted by molar-refractivity contribution is 7.89. The van der Waals surface area contributed by atoms with Gasteiger partial charge < -0.3 is 10.6 Å². The summed E-state index contributed by atoms with van der Waals surface area (Å²) >= 11 is 5.20. The lowest BCUT2D eigenvalue weighted by Gasteiger charge is -2.47. The molecule has 0 unspecified atom stereocenters. The molecule has 2 heterocycles. The second-order valence-corrected chi connectivity index (χ2v) is 7.75. The maximum Gasteiger partial charge on any atom is 0.214 e. The Hall–Kier alpha value is -0.240. The molecular weight excluding hydrogens is 270 g/mol. The van der Waals surface area contributed by atoms with E-state index < -0.39 is 15.6 Å². The minimum Gasteiger partial charge on any atom is -0.392 e. The molecule has 2 fully saturated rings. The summed E-state index contributed by atoms with van der Waals surface area (Å²) in [5.74, 6) is 0.229. The van der Waals surface area contributed by atoms with Crippen molar-refractivity contribution in [2.75, 3.05) is 32.4 Å². The van der Waals surface area contributed by atoms with Crippen LogP contribution in [0.25, 0.3) is 0 Å². The van der Waals surface area contributed by atoms with Crippen LogP contribution in [0.4, 0.5) is 0 Å². The van der Waals surface area contributed by atoms with Gasteiger partial charge in [-0.25, -0.2) is 8.42 Å². The van der Waals surface area contributed by atoms with Crippen LogP contribution in [0, 0.1) is 0 Å². The van der Waals surface area contributed by atoms with Gasteiger partial charge in [-0.3, -0.25) is 0 Å². The molecule has 0 aromatic carbocycles. The van der Waals surface area contributed by atoms with Gasteiger partial charge in [-0.2, -0.15) is 4.31 Å². The monoisotopic (exact) mass is 291 g/mol. The summed E-state index contributed by atoms with van der Waals surface area (Å²) in [7, 11) is -1.16. The molecule has 18 heavy (non-hydrogen) atoms. The van der Waals surface area contributed by atoms with E-state index in [0.717, 1.165) is 25.9 Å². The molecular formula is C11H21N3O2S2. The summed E-state index contributed by atoms with van der Waals surface area (Å²) in [5, 5.41) is 0. The van der Waals surface area contributed by atoms with E-state index in [1.807, 2.05) is 7.05 Å². The zero-order valence-electron chi connectivity index (χ0n) is 10.8. The van der Waals surface area contributed by atoms with Crippen LogP contribution in [0.15, 0.2) is 0 Å². The summed E-state index contributed by atoms with van der Waals surface area (Å²) in [6.07, 6.45) is 3.06. The van der Waals surface area contributed by atoms with Crippen LogP contribution in [-0.2, 0) is 10.0 Å². The first-order chi connectivity index (χ1) is 8.38. The number of nitrogens with two attached hydrogens (primary N) is 1. The Bertz CT molecular complexity index is 428. The van der Waals surface area contributed by atoms with Gasteiger partial charge in [0.1, 0.15) is 0 Å². The summed E-state index contributed by atoms with van der Waals surface area (Å²) in [4.78, 5) is 2.52. The molecule has 0 aromatic rings. The number of hydrogen-bond acceptors (Lipinski definition) is 4. The standard InChI is InChI=1S/C11H21N3O2S2/c1-13-7-4-11(5-8-13,10(12)17)14-6-2-3-9-18(14,15)16/h2-9H2,1H3,(H2,12,17). The van der Waals surface area contributed by atoms with Gasteiger partial charge in [-0.1, -0.05) is 12.2 Å². The van der Waals surface area contributed by atoms with Crippen LogP contribution in [-0.4, -0.2) is 60.6 Å². The third-order valence-electron chi connectivity index (χ3n) is 4.10. The highest BCUT2D eigenvalue weighted by Gasteiger charge is 2.47. The number of hydrogen-bond donors (Lipinski definition) is 1. The van der Waals surface area contributed by atoms with Gasteiger partial charge in [0.05, 0.1) is 16.3 Å². The molecule has 2 N–H and O–H groups in total. The normalized spacial score (nSPS) is 28.9. The van der Waals surface area contributed by atoms with Gasteiger partial charge in [0, 0.05) is 19.6 Å². The molecule has 0 atom stereocenters. The van der Waals surface area contributed by atoms with Gasteiger partial charge in [0.15, 0.2) is 0 Å². The van der Waals surface area contributed by atoms with Crippen molar-refractivity contribution in [1.82, 2.24) is 9.21 Å². The average molecular weight is 291 g/mol. The topological polar surface area (TPSA) is 66.6 Å². The smallest absolute Gasteiger partial charge is 0.214 e. The molecule has 7 heteroatoms. The number of likely N-dealkylation sites (tertiary alicyclic amines) is 1. The minimum absolute atomic E-state index is 0.229. The third kappa shape index (κ3) is 2.41. The van der Waals surface area contributed by atoms with Gasteiger partial charge >= 0.3 is 0 Å². The zero-order valence-corrected chi connectivity index (χ0v) is 12.4. The molecule has 2 rings (SSSR count). The number of nitrogens with zero attached hydrogens (tertiary/aromatic N) is 2. The fourth-order valence-electron chi connectivity index (χ4n) is 2.88. The van der Waals surface area contributed by atoms with Gasteiger partial charge in [0.2, 0.25) is 10.0 Å². The maximum atomic E-state index is 12.3. The zero-order chi connectivity index (χ0) is 13.4. The number of thiocarbonyl (C=S) groups is 1. The Morgan fingerprint density at radius 1 is 1.22 bits per heavy atom. The molecule has 0 aliphatic carbocycles. The van der Waals surface area contributed by atoms with Crippen molar-refractivity contribution in [1.29, 1.82) is 0 Å². The quantitative estimate of drug-likeness (QED) is 0.734. The van der Waals surface area contributed by atoms with E-state index in [1.54, 1.807) is 4.31 Å². The fourth-order valence-corrected chi connectivity index (χ4v) is 5.26. The van der Waals surface area contributed by atoms with Gasteiger partial charge in [-0.15, -0.1) is 0 Å². The molecule has 0 spiro atoms. The third-order valence-corrected chi connectivity index (χ3v) is 6.49. The highest BCUT2D eigenvalue weighted by Crippen LogP contribution is 2.34. The molecule has 2 aliphatic heterocycles. The molecule has 0 radical (unpaired) electrons. The van der Waals surface area contributed by atoms with E-state index in [-0.39, 0.29) is 5.75 Å². The summed E-state index contributed by atoms with van der Waals surface area (Å²) < 4.78 is 26.1.